The molecule has 0 N–H and O–H groups in total. The minimum absolute atomic E-state index is 0.252. The van der Waals surface area contributed by atoms with Gasteiger partial charge in [0.2, 0.25) is 0 Å². The first kappa shape index (κ1) is 22.5. The summed E-state index contributed by atoms with van der Waals surface area (Å²) < 4.78 is 5.79. The summed E-state index contributed by atoms with van der Waals surface area (Å²) in [5.41, 5.74) is 3.68. The molecule has 0 aliphatic carbocycles. The van der Waals surface area contributed by atoms with E-state index < -0.39 is 0 Å². The maximum atomic E-state index is 12.8. The van der Waals surface area contributed by atoms with Gasteiger partial charge >= 0.3 is 0 Å². The number of halogens is 2. The molecular formula is C25H19Cl2NO3S. The van der Waals surface area contributed by atoms with E-state index in [4.69, 9.17) is 27.9 Å². The zero-order chi connectivity index (χ0) is 22.7. The Bertz CT molecular complexity index is 1210. The number of carbonyl (C=O) groups is 2. The van der Waals surface area contributed by atoms with E-state index in [1.807, 2.05) is 43.3 Å². The lowest BCUT2D eigenvalue weighted by molar-refractivity contribution is -0.123. The van der Waals surface area contributed by atoms with E-state index in [9.17, 15) is 9.59 Å². The van der Waals surface area contributed by atoms with Gasteiger partial charge in [0.15, 0.2) is 0 Å². The van der Waals surface area contributed by atoms with E-state index in [2.05, 4.69) is 0 Å². The summed E-state index contributed by atoms with van der Waals surface area (Å²) >= 11 is 13.2. The van der Waals surface area contributed by atoms with E-state index in [1.165, 1.54) is 4.90 Å². The number of rotatable bonds is 6. The molecule has 1 heterocycles. The lowest BCUT2D eigenvalue weighted by atomic mass is 10.1. The standard InChI is InChI=1S/C25H19Cl2NO3S/c1-16-3-2-4-19(11-16)14-28-24(29)23(32-25(28)30)13-18-7-10-22(21(27)12-18)31-15-17-5-8-20(26)9-6-17/h2-13H,14-15H2,1H3/b23-13-. The topological polar surface area (TPSA) is 46.6 Å². The Labute approximate surface area is 200 Å². The molecule has 1 fully saturated rings. The van der Waals surface area contributed by atoms with E-state index in [0.717, 1.165) is 34.0 Å². The van der Waals surface area contributed by atoms with Gasteiger partial charge in [-0.3, -0.25) is 14.5 Å². The normalized spacial score (nSPS) is 15.0. The molecule has 3 aromatic rings. The zero-order valence-corrected chi connectivity index (χ0v) is 19.5. The Morgan fingerprint density at radius 2 is 1.75 bits per heavy atom. The van der Waals surface area contributed by atoms with E-state index >= 15 is 0 Å². The second-order valence-corrected chi connectivity index (χ2v) is 9.20. The number of nitrogens with zero attached hydrogens (tertiary/aromatic N) is 1. The second kappa shape index (κ2) is 9.82. The molecule has 7 heteroatoms. The highest BCUT2D eigenvalue weighted by Crippen LogP contribution is 2.35. The Morgan fingerprint density at radius 1 is 0.969 bits per heavy atom. The average molecular weight is 484 g/mol. The maximum absolute atomic E-state index is 12.8. The number of aryl methyl sites for hydroxylation is 1. The van der Waals surface area contributed by atoms with Crippen LogP contribution in [-0.2, 0) is 17.9 Å². The van der Waals surface area contributed by atoms with Crippen LogP contribution in [0.4, 0.5) is 4.79 Å². The number of hydrogen-bond acceptors (Lipinski definition) is 4. The molecule has 0 spiro atoms. The Morgan fingerprint density at radius 3 is 2.47 bits per heavy atom. The highest BCUT2D eigenvalue weighted by atomic mass is 35.5. The van der Waals surface area contributed by atoms with Gasteiger partial charge in [0.25, 0.3) is 11.1 Å². The molecule has 4 rings (SSSR count). The maximum Gasteiger partial charge on any atom is 0.293 e. The molecule has 4 nitrogen and oxygen atoms in total. The van der Waals surface area contributed by atoms with E-state index in [1.54, 1.807) is 36.4 Å². The van der Waals surface area contributed by atoms with Gasteiger partial charge in [-0.25, -0.2) is 0 Å². The minimum atomic E-state index is -0.305. The monoisotopic (exact) mass is 483 g/mol. The Kier molecular flexibility index (Phi) is 6.89. The predicted molar refractivity (Wildman–Crippen MR) is 130 cm³/mol. The minimum Gasteiger partial charge on any atom is -0.487 e. The first-order valence-corrected chi connectivity index (χ1v) is 11.4. The number of benzene rings is 3. The zero-order valence-electron chi connectivity index (χ0n) is 17.2. The van der Waals surface area contributed by atoms with Crippen LogP contribution in [0.25, 0.3) is 6.08 Å². The molecule has 0 saturated carbocycles. The Balaban J connectivity index is 1.45. The van der Waals surface area contributed by atoms with Crippen molar-refractivity contribution in [2.24, 2.45) is 0 Å². The van der Waals surface area contributed by atoms with Gasteiger partial charge in [0, 0.05) is 5.02 Å². The molecule has 0 atom stereocenters. The van der Waals surface area contributed by atoms with Gasteiger partial charge in [0.1, 0.15) is 12.4 Å². The first-order valence-electron chi connectivity index (χ1n) is 9.87. The van der Waals surface area contributed by atoms with Crippen LogP contribution in [0.15, 0.2) is 71.6 Å². The summed E-state index contributed by atoms with van der Waals surface area (Å²) in [5, 5.41) is 0.808. The summed E-state index contributed by atoms with van der Waals surface area (Å²) in [6.07, 6.45) is 1.68. The van der Waals surface area contributed by atoms with Crippen molar-refractivity contribution in [3.05, 3.63) is 104 Å². The van der Waals surface area contributed by atoms with Crippen molar-refractivity contribution in [1.82, 2.24) is 4.90 Å². The molecular weight excluding hydrogens is 465 g/mol. The highest BCUT2D eigenvalue weighted by molar-refractivity contribution is 8.18. The van der Waals surface area contributed by atoms with Crippen molar-refractivity contribution < 1.29 is 14.3 Å². The van der Waals surface area contributed by atoms with Crippen molar-refractivity contribution in [2.45, 2.75) is 20.1 Å². The molecule has 0 unspecified atom stereocenters. The third-order valence-corrected chi connectivity index (χ3v) is 6.31. The fourth-order valence-corrected chi connectivity index (χ4v) is 4.45. The molecule has 0 radical (unpaired) electrons. The van der Waals surface area contributed by atoms with Crippen molar-refractivity contribution in [3.8, 4) is 5.75 Å². The van der Waals surface area contributed by atoms with Crippen molar-refractivity contribution in [2.75, 3.05) is 0 Å². The summed E-state index contributed by atoms with van der Waals surface area (Å²) in [5.74, 6) is 0.229. The van der Waals surface area contributed by atoms with Crippen LogP contribution in [0.1, 0.15) is 22.3 Å². The Hall–Kier alpha value is -2.73. The van der Waals surface area contributed by atoms with Gasteiger partial charge in [-0.15, -0.1) is 0 Å². The largest absolute Gasteiger partial charge is 0.487 e. The first-order chi connectivity index (χ1) is 15.4. The highest BCUT2D eigenvalue weighted by Gasteiger charge is 2.35. The molecule has 162 valence electrons. The molecule has 1 aliphatic rings. The molecule has 2 amide bonds. The molecule has 0 aromatic heterocycles. The van der Waals surface area contributed by atoms with Gasteiger partial charge in [-0.1, -0.05) is 71.2 Å². The summed E-state index contributed by atoms with van der Waals surface area (Å²) in [4.78, 5) is 26.8. The average Bonchev–Trinajstić information content (AvgIpc) is 3.02. The summed E-state index contributed by atoms with van der Waals surface area (Å²) in [7, 11) is 0. The molecule has 32 heavy (non-hydrogen) atoms. The second-order valence-electron chi connectivity index (χ2n) is 7.36. The number of carbonyl (C=O) groups excluding carboxylic acids is 2. The number of thioether (sulfide) groups is 1. The van der Waals surface area contributed by atoms with Crippen molar-refractivity contribution in [1.29, 1.82) is 0 Å². The van der Waals surface area contributed by atoms with Crippen LogP contribution in [0.3, 0.4) is 0 Å². The SMILES string of the molecule is Cc1cccc(CN2C(=O)S/C(=C\c3ccc(OCc4ccc(Cl)cc4)c(Cl)c3)C2=O)c1. The molecule has 3 aromatic carbocycles. The lowest BCUT2D eigenvalue weighted by Crippen LogP contribution is -2.27. The predicted octanol–water partition coefficient (Wildman–Crippen LogP) is 7.12. The molecule has 1 saturated heterocycles. The van der Waals surface area contributed by atoms with Crippen molar-refractivity contribution >= 4 is 52.2 Å². The third kappa shape index (κ3) is 5.36. The number of amides is 2. The van der Waals surface area contributed by atoms with Crippen LogP contribution in [0, 0.1) is 6.92 Å². The van der Waals surface area contributed by atoms with Crippen molar-refractivity contribution in [3.63, 3.8) is 0 Å². The molecule has 1 aliphatic heterocycles. The quantitative estimate of drug-likeness (QED) is 0.350. The lowest BCUT2D eigenvalue weighted by Gasteiger charge is -2.12. The van der Waals surface area contributed by atoms with Gasteiger partial charge in [-0.05, 0) is 65.7 Å². The fraction of sp³-hybridized carbons (Fsp3) is 0.120. The number of hydrogen-bond donors (Lipinski definition) is 0. The fourth-order valence-electron chi connectivity index (χ4n) is 3.25. The van der Waals surface area contributed by atoms with E-state index in [0.29, 0.717) is 27.3 Å². The van der Waals surface area contributed by atoms with Crippen LogP contribution < -0.4 is 4.74 Å². The van der Waals surface area contributed by atoms with Crippen LogP contribution in [0.5, 0.6) is 5.75 Å². The van der Waals surface area contributed by atoms with Crippen LogP contribution >= 0.6 is 35.0 Å². The van der Waals surface area contributed by atoms with Gasteiger partial charge in [-0.2, -0.15) is 0 Å². The van der Waals surface area contributed by atoms with Gasteiger partial charge < -0.3 is 4.74 Å². The van der Waals surface area contributed by atoms with Gasteiger partial charge in [0.05, 0.1) is 16.5 Å². The number of imide groups is 1. The summed E-state index contributed by atoms with van der Waals surface area (Å²) in [6, 6.07) is 20.4. The van der Waals surface area contributed by atoms with E-state index in [-0.39, 0.29) is 17.7 Å². The van der Waals surface area contributed by atoms with Crippen LogP contribution in [-0.4, -0.2) is 16.0 Å². The molecule has 0 bridgehead atoms. The number of ether oxygens (including phenoxy) is 1. The summed E-state index contributed by atoms with van der Waals surface area (Å²) in [6.45, 7) is 2.58. The van der Waals surface area contributed by atoms with Crippen LogP contribution in [0.2, 0.25) is 10.0 Å². The third-order valence-electron chi connectivity index (χ3n) is 4.86. The smallest absolute Gasteiger partial charge is 0.293 e.